The smallest absolute Gasteiger partial charge is 0.307 e. The lowest BCUT2D eigenvalue weighted by Gasteiger charge is -2.27. The molecule has 110 valence electrons. The van der Waals surface area contributed by atoms with Gasteiger partial charge in [-0.15, -0.1) is 0 Å². The second-order valence-corrected chi connectivity index (χ2v) is 5.60. The first kappa shape index (κ1) is 16.3. The molecule has 0 aliphatic carbocycles. The maximum atomic E-state index is 12.9. The number of ether oxygens (including phenoxy) is 1. The van der Waals surface area contributed by atoms with E-state index in [2.05, 4.69) is 10.1 Å². The van der Waals surface area contributed by atoms with Gasteiger partial charge in [0, 0.05) is 11.1 Å². The summed E-state index contributed by atoms with van der Waals surface area (Å²) in [5, 5.41) is 3.09. The Morgan fingerprint density at radius 2 is 1.80 bits per heavy atom. The van der Waals surface area contributed by atoms with Crippen molar-refractivity contribution >= 4 is 11.8 Å². The highest BCUT2D eigenvalue weighted by molar-refractivity contribution is 6.01. The van der Waals surface area contributed by atoms with Crippen molar-refractivity contribution < 1.29 is 18.7 Å². The molecule has 4 nitrogen and oxygen atoms in total. The molecule has 1 rings (SSSR count). The molecule has 0 saturated carbocycles. The molecule has 0 aromatic heterocycles. The van der Waals surface area contributed by atoms with Crippen LogP contribution in [-0.4, -0.2) is 30.4 Å². The summed E-state index contributed by atoms with van der Waals surface area (Å²) in [7, 11) is 1.28. The second kappa shape index (κ2) is 6.61. The number of carbonyl (C=O) groups excluding carboxylic acids is 2. The summed E-state index contributed by atoms with van der Waals surface area (Å²) in [6, 6.07) is 4.56. The van der Waals surface area contributed by atoms with E-state index in [9.17, 15) is 14.0 Å². The minimum atomic E-state index is -0.701. The van der Waals surface area contributed by atoms with Crippen LogP contribution in [0.5, 0.6) is 0 Å². The molecular weight excluding hydrogens is 261 g/mol. The van der Waals surface area contributed by atoms with E-state index in [1.54, 1.807) is 0 Å². The molecule has 0 radical (unpaired) electrons. The first-order valence-corrected chi connectivity index (χ1v) is 6.37. The Kier molecular flexibility index (Phi) is 5.39. The molecule has 0 heterocycles. The van der Waals surface area contributed by atoms with Crippen molar-refractivity contribution in [1.82, 2.24) is 5.32 Å². The zero-order chi connectivity index (χ0) is 15.3. The van der Waals surface area contributed by atoms with Gasteiger partial charge in [-0.2, -0.15) is 0 Å². The zero-order valence-electron chi connectivity index (χ0n) is 12.2. The molecule has 1 aromatic carbocycles. The SMILES string of the molecule is COC(=O)CC(NC(C)(C)C)C(=O)c1ccc(F)cc1. The molecule has 0 fully saturated rings. The third-order valence-electron chi connectivity index (χ3n) is 2.65. The van der Waals surface area contributed by atoms with Crippen LogP contribution >= 0.6 is 0 Å². The van der Waals surface area contributed by atoms with Crippen LogP contribution in [0.4, 0.5) is 4.39 Å². The van der Waals surface area contributed by atoms with E-state index in [4.69, 9.17) is 0 Å². The Hall–Kier alpha value is -1.75. The number of carbonyl (C=O) groups is 2. The Morgan fingerprint density at radius 1 is 1.25 bits per heavy atom. The third kappa shape index (κ3) is 5.09. The Morgan fingerprint density at radius 3 is 2.25 bits per heavy atom. The van der Waals surface area contributed by atoms with Crippen LogP contribution in [0.2, 0.25) is 0 Å². The van der Waals surface area contributed by atoms with Gasteiger partial charge in [-0.25, -0.2) is 4.39 Å². The molecule has 0 aliphatic heterocycles. The number of esters is 1. The fourth-order valence-corrected chi connectivity index (χ4v) is 1.80. The summed E-state index contributed by atoms with van der Waals surface area (Å²) >= 11 is 0. The number of nitrogens with one attached hydrogen (secondary N) is 1. The van der Waals surface area contributed by atoms with E-state index >= 15 is 0 Å². The van der Waals surface area contributed by atoms with Crippen LogP contribution in [0.25, 0.3) is 0 Å². The van der Waals surface area contributed by atoms with Crippen LogP contribution in [0.1, 0.15) is 37.6 Å². The maximum Gasteiger partial charge on any atom is 0.307 e. The number of rotatable bonds is 5. The lowest BCUT2D eigenvalue weighted by atomic mass is 9.98. The molecule has 1 unspecified atom stereocenters. The fourth-order valence-electron chi connectivity index (χ4n) is 1.80. The molecule has 5 heteroatoms. The quantitative estimate of drug-likeness (QED) is 0.665. The summed E-state index contributed by atoms with van der Waals surface area (Å²) in [5.74, 6) is -1.14. The topological polar surface area (TPSA) is 55.4 Å². The average Bonchev–Trinajstić information content (AvgIpc) is 2.36. The van der Waals surface area contributed by atoms with Gasteiger partial charge in [0.1, 0.15) is 5.82 Å². The predicted molar refractivity (Wildman–Crippen MR) is 74.0 cm³/mol. The van der Waals surface area contributed by atoms with Gasteiger partial charge in [0.25, 0.3) is 0 Å². The van der Waals surface area contributed by atoms with Gasteiger partial charge in [-0.05, 0) is 45.0 Å². The molecule has 0 saturated heterocycles. The summed E-state index contributed by atoms with van der Waals surface area (Å²) in [5.41, 5.74) is 0.0195. The van der Waals surface area contributed by atoms with Gasteiger partial charge >= 0.3 is 5.97 Å². The Bertz CT molecular complexity index is 477. The van der Waals surface area contributed by atoms with Crippen LogP contribution in [-0.2, 0) is 9.53 Å². The maximum absolute atomic E-state index is 12.9. The highest BCUT2D eigenvalue weighted by Crippen LogP contribution is 2.12. The van der Waals surface area contributed by atoms with Gasteiger partial charge in [-0.3, -0.25) is 9.59 Å². The van der Waals surface area contributed by atoms with Crippen molar-refractivity contribution in [3.63, 3.8) is 0 Å². The van der Waals surface area contributed by atoms with Crippen molar-refractivity contribution in [3.8, 4) is 0 Å². The Labute approximate surface area is 118 Å². The predicted octanol–water partition coefficient (Wildman–Crippen LogP) is 2.33. The number of ketones is 1. The number of hydrogen-bond donors (Lipinski definition) is 1. The van der Waals surface area contributed by atoms with E-state index < -0.39 is 17.8 Å². The molecule has 1 N–H and O–H groups in total. The molecule has 0 aliphatic rings. The first-order valence-electron chi connectivity index (χ1n) is 6.37. The van der Waals surface area contributed by atoms with Crippen molar-refractivity contribution in [2.24, 2.45) is 0 Å². The number of methoxy groups -OCH3 is 1. The molecule has 0 spiro atoms. The zero-order valence-corrected chi connectivity index (χ0v) is 12.2. The summed E-state index contributed by atoms with van der Waals surface area (Å²) in [6.45, 7) is 5.69. The lowest BCUT2D eigenvalue weighted by Crippen LogP contribution is -2.48. The van der Waals surface area contributed by atoms with Gasteiger partial charge in [-0.1, -0.05) is 0 Å². The molecule has 20 heavy (non-hydrogen) atoms. The van der Waals surface area contributed by atoms with Gasteiger partial charge < -0.3 is 10.1 Å². The van der Waals surface area contributed by atoms with E-state index in [1.165, 1.54) is 31.4 Å². The molecule has 1 atom stereocenters. The first-order chi connectivity index (χ1) is 9.23. The Balaban J connectivity index is 2.93. The number of halogens is 1. The molecule has 0 amide bonds. The lowest BCUT2D eigenvalue weighted by molar-refractivity contribution is -0.141. The van der Waals surface area contributed by atoms with Gasteiger partial charge in [0.2, 0.25) is 0 Å². The minimum absolute atomic E-state index is 0.0655. The second-order valence-electron chi connectivity index (χ2n) is 5.60. The monoisotopic (exact) mass is 281 g/mol. The normalized spacial score (nSPS) is 12.8. The van der Waals surface area contributed by atoms with Crippen molar-refractivity contribution in [3.05, 3.63) is 35.6 Å². The standard InChI is InChI=1S/C15H20FNO3/c1-15(2,3)17-12(9-13(18)20-4)14(19)10-5-7-11(16)8-6-10/h5-8,12,17H,9H2,1-4H3. The molecule has 1 aromatic rings. The molecular formula is C15H20FNO3. The summed E-state index contributed by atoms with van der Waals surface area (Å²) in [6.07, 6.45) is -0.0655. The highest BCUT2D eigenvalue weighted by atomic mass is 19.1. The van der Waals surface area contributed by atoms with Crippen LogP contribution in [0, 0.1) is 5.82 Å². The number of hydrogen-bond acceptors (Lipinski definition) is 4. The molecule has 0 bridgehead atoms. The van der Waals surface area contributed by atoms with Crippen LogP contribution in [0.15, 0.2) is 24.3 Å². The van der Waals surface area contributed by atoms with Gasteiger partial charge in [0.15, 0.2) is 5.78 Å². The van der Waals surface area contributed by atoms with Crippen molar-refractivity contribution in [2.45, 2.75) is 38.8 Å². The largest absolute Gasteiger partial charge is 0.469 e. The van der Waals surface area contributed by atoms with Crippen molar-refractivity contribution in [2.75, 3.05) is 7.11 Å². The number of Topliss-reactive ketones (excluding diaryl/α,β-unsaturated/α-hetero) is 1. The van der Waals surface area contributed by atoms with Gasteiger partial charge in [0.05, 0.1) is 19.6 Å². The van der Waals surface area contributed by atoms with Crippen LogP contribution in [0.3, 0.4) is 0 Å². The fraction of sp³-hybridized carbons (Fsp3) is 0.467. The van der Waals surface area contributed by atoms with E-state index in [1.807, 2.05) is 20.8 Å². The third-order valence-corrected chi connectivity index (χ3v) is 2.65. The van der Waals surface area contributed by atoms with E-state index in [-0.39, 0.29) is 17.7 Å². The van der Waals surface area contributed by atoms with Crippen molar-refractivity contribution in [1.29, 1.82) is 0 Å². The van der Waals surface area contributed by atoms with E-state index in [0.29, 0.717) is 5.56 Å². The minimum Gasteiger partial charge on any atom is -0.469 e. The number of benzene rings is 1. The summed E-state index contributed by atoms with van der Waals surface area (Å²) in [4.78, 5) is 23.8. The van der Waals surface area contributed by atoms with E-state index in [0.717, 1.165) is 0 Å². The average molecular weight is 281 g/mol. The van der Waals surface area contributed by atoms with Crippen LogP contribution < -0.4 is 5.32 Å². The summed E-state index contributed by atoms with van der Waals surface area (Å²) < 4.78 is 17.5. The highest BCUT2D eigenvalue weighted by Gasteiger charge is 2.27.